The first kappa shape index (κ1) is 15.9. The summed E-state index contributed by atoms with van der Waals surface area (Å²) in [5.41, 5.74) is 5.89. The molecular weight excluding hydrogens is 338 g/mol. The summed E-state index contributed by atoms with van der Waals surface area (Å²) in [5, 5.41) is 0.0722. The van der Waals surface area contributed by atoms with Gasteiger partial charge in [0.1, 0.15) is 0 Å². The van der Waals surface area contributed by atoms with Gasteiger partial charge in [-0.25, -0.2) is 12.8 Å². The van der Waals surface area contributed by atoms with Gasteiger partial charge in [-0.1, -0.05) is 29.3 Å². The molecule has 0 fully saturated rings. The Morgan fingerprint density at radius 3 is 2.52 bits per heavy atom. The van der Waals surface area contributed by atoms with Crippen LogP contribution in [0.2, 0.25) is 10.0 Å². The van der Waals surface area contributed by atoms with Crippen LogP contribution in [0, 0.1) is 12.7 Å². The van der Waals surface area contributed by atoms with E-state index < -0.39 is 15.8 Å². The zero-order chi connectivity index (χ0) is 15.8. The van der Waals surface area contributed by atoms with Crippen LogP contribution in [0.1, 0.15) is 5.56 Å². The summed E-state index contributed by atoms with van der Waals surface area (Å²) in [6.07, 6.45) is 0. The Balaban J connectivity index is 2.48. The van der Waals surface area contributed by atoms with Crippen molar-refractivity contribution in [1.82, 2.24) is 0 Å². The van der Waals surface area contributed by atoms with Crippen molar-refractivity contribution in [2.24, 2.45) is 0 Å². The summed E-state index contributed by atoms with van der Waals surface area (Å²) >= 11 is 11.4. The van der Waals surface area contributed by atoms with Crippen LogP contribution in [0.3, 0.4) is 0 Å². The van der Waals surface area contributed by atoms with Crippen LogP contribution in [-0.2, 0) is 10.0 Å². The minimum absolute atomic E-state index is 0.0798. The van der Waals surface area contributed by atoms with Crippen molar-refractivity contribution < 1.29 is 12.8 Å². The Kier molecular flexibility index (Phi) is 4.32. The number of nitrogen functional groups attached to an aromatic ring is 1. The number of halogens is 3. The van der Waals surface area contributed by atoms with Crippen LogP contribution >= 0.6 is 23.2 Å². The fourth-order valence-electron chi connectivity index (χ4n) is 1.74. The highest BCUT2D eigenvalue weighted by molar-refractivity contribution is 7.92. The first-order chi connectivity index (χ1) is 9.72. The zero-order valence-electron chi connectivity index (χ0n) is 10.8. The third-order valence-corrected chi connectivity index (χ3v) is 4.91. The van der Waals surface area contributed by atoms with Gasteiger partial charge >= 0.3 is 0 Å². The Bertz CT molecular complexity index is 810. The van der Waals surface area contributed by atoms with Gasteiger partial charge in [-0.3, -0.25) is 4.72 Å². The largest absolute Gasteiger partial charge is 0.397 e. The first-order valence-corrected chi connectivity index (χ1v) is 7.99. The van der Waals surface area contributed by atoms with Crippen LogP contribution in [0.5, 0.6) is 0 Å². The van der Waals surface area contributed by atoms with Gasteiger partial charge in [0.25, 0.3) is 10.0 Å². The molecule has 0 saturated heterocycles. The van der Waals surface area contributed by atoms with Crippen molar-refractivity contribution in [3.63, 3.8) is 0 Å². The summed E-state index contributed by atoms with van der Waals surface area (Å²) in [6, 6.07) is 6.68. The first-order valence-electron chi connectivity index (χ1n) is 5.75. The van der Waals surface area contributed by atoms with E-state index in [0.717, 1.165) is 0 Å². The highest BCUT2D eigenvalue weighted by Gasteiger charge is 2.20. The van der Waals surface area contributed by atoms with Crippen molar-refractivity contribution in [3.05, 3.63) is 51.8 Å². The SMILES string of the molecule is Cc1cc(Cl)c(N)cc1S(=O)(=O)Nc1cccc(Cl)c1F. The molecule has 0 aliphatic carbocycles. The van der Waals surface area contributed by atoms with Gasteiger partial charge in [-0.05, 0) is 36.8 Å². The number of nitrogens with two attached hydrogens (primary N) is 1. The van der Waals surface area contributed by atoms with E-state index in [1.165, 1.54) is 30.3 Å². The maximum Gasteiger partial charge on any atom is 0.262 e. The van der Waals surface area contributed by atoms with Gasteiger partial charge < -0.3 is 5.73 Å². The quantitative estimate of drug-likeness (QED) is 0.828. The van der Waals surface area contributed by atoms with E-state index in [-0.39, 0.29) is 26.3 Å². The summed E-state index contributed by atoms with van der Waals surface area (Å²) in [4.78, 5) is -0.0798. The summed E-state index contributed by atoms with van der Waals surface area (Å²) < 4.78 is 40.6. The topological polar surface area (TPSA) is 72.2 Å². The molecule has 0 unspecified atom stereocenters. The van der Waals surface area contributed by atoms with E-state index in [9.17, 15) is 12.8 Å². The van der Waals surface area contributed by atoms with Crippen molar-refractivity contribution in [1.29, 1.82) is 0 Å². The molecule has 0 aliphatic heterocycles. The van der Waals surface area contributed by atoms with E-state index >= 15 is 0 Å². The molecule has 0 aliphatic rings. The van der Waals surface area contributed by atoms with Gasteiger partial charge in [0, 0.05) is 0 Å². The number of nitrogens with one attached hydrogen (secondary N) is 1. The second-order valence-corrected chi connectivity index (χ2v) is 6.81. The second kappa shape index (κ2) is 5.71. The van der Waals surface area contributed by atoms with Gasteiger partial charge in [0.2, 0.25) is 0 Å². The monoisotopic (exact) mass is 348 g/mol. The molecule has 0 amide bonds. The molecule has 0 spiro atoms. The molecule has 3 N–H and O–H groups in total. The van der Waals surface area contributed by atoms with Crippen molar-refractivity contribution in [2.45, 2.75) is 11.8 Å². The summed E-state index contributed by atoms with van der Waals surface area (Å²) in [6.45, 7) is 1.56. The molecule has 21 heavy (non-hydrogen) atoms. The van der Waals surface area contributed by atoms with Crippen LogP contribution < -0.4 is 10.5 Å². The van der Waals surface area contributed by atoms with Crippen LogP contribution in [0.15, 0.2) is 35.2 Å². The minimum Gasteiger partial charge on any atom is -0.397 e. The molecular formula is C13H11Cl2FN2O2S. The molecule has 2 aromatic rings. The lowest BCUT2D eigenvalue weighted by Gasteiger charge is -2.12. The van der Waals surface area contributed by atoms with Gasteiger partial charge in [-0.2, -0.15) is 0 Å². The molecule has 0 aromatic heterocycles. The molecule has 0 saturated carbocycles. The van der Waals surface area contributed by atoms with Crippen LogP contribution in [0.4, 0.5) is 15.8 Å². The number of rotatable bonds is 3. The molecule has 0 atom stereocenters. The standard InChI is InChI=1S/C13H11Cl2FN2O2S/c1-7-5-9(15)10(17)6-12(7)21(19,20)18-11-4-2-3-8(14)13(11)16/h2-6,18H,17H2,1H3. The van der Waals surface area contributed by atoms with Crippen molar-refractivity contribution in [3.8, 4) is 0 Å². The van der Waals surface area contributed by atoms with Crippen molar-refractivity contribution in [2.75, 3.05) is 10.5 Å². The average Bonchev–Trinajstić information content (AvgIpc) is 2.39. The maximum atomic E-state index is 13.8. The van der Waals surface area contributed by atoms with E-state index in [4.69, 9.17) is 28.9 Å². The predicted octanol–water partition coefficient (Wildman–Crippen LogP) is 3.82. The van der Waals surface area contributed by atoms with E-state index in [2.05, 4.69) is 4.72 Å². The smallest absolute Gasteiger partial charge is 0.262 e. The highest BCUT2D eigenvalue weighted by Crippen LogP contribution is 2.29. The molecule has 0 heterocycles. The lowest BCUT2D eigenvalue weighted by molar-refractivity contribution is 0.598. The maximum absolute atomic E-state index is 13.8. The average molecular weight is 349 g/mol. The Morgan fingerprint density at radius 1 is 1.19 bits per heavy atom. The van der Waals surface area contributed by atoms with E-state index in [0.29, 0.717) is 5.56 Å². The summed E-state index contributed by atoms with van der Waals surface area (Å²) in [5.74, 6) is -0.845. The number of sulfonamides is 1. The van der Waals surface area contributed by atoms with Gasteiger partial charge in [0.05, 0.1) is 26.3 Å². The zero-order valence-corrected chi connectivity index (χ0v) is 13.2. The Hall–Kier alpha value is -1.50. The normalized spacial score (nSPS) is 11.4. The third kappa shape index (κ3) is 3.23. The third-order valence-electron chi connectivity index (χ3n) is 2.78. The molecule has 2 aromatic carbocycles. The summed E-state index contributed by atoms with van der Waals surface area (Å²) in [7, 11) is -4.01. The minimum atomic E-state index is -4.01. The number of hydrogen-bond donors (Lipinski definition) is 2. The highest BCUT2D eigenvalue weighted by atomic mass is 35.5. The van der Waals surface area contributed by atoms with Crippen LogP contribution in [0.25, 0.3) is 0 Å². The molecule has 0 bridgehead atoms. The van der Waals surface area contributed by atoms with Crippen molar-refractivity contribution >= 4 is 44.6 Å². The Morgan fingerprint density at radius 2 is 1.86 bits per heavy atom. The fraction of sp³-hybridized carbons (Fsp3) is 0.0769. The number of anilines is 2. The molecule has 0 radical (unpaired) electrons. The molecule has 8 heteroatoms. The van der Waals surface area contributed by atoms with E-state index in [1.807, 2.05) is 0 Å². The van der Waals surface area contributed by atoms with Gasteiger partial charge in [-0.15, -0.1) is 0 Å². The predicted molar refractivity (Wildman–Crippen MR) is 82.8 cm³/mol. The molecule has 4 nitrogen and oxygen atoms in total. The van der Waals surface area contributed by atoms with Gasteiger partial charge in [0.15, 0.2) is 5.82 Å². The fourth-order valence-corrected chi connectivity index (χ4v) is 3.46. The Labute approximate surface area is 131 Å². The second-order valence-electron chi connectivity index (χ2n) is 4.35. The number of hydrogen-bond acceptors (Lipinski definition) is 3. The lowest BCUT2D eigenvalue weighted by Crippen LogP contribution is -2.15. The molecule has 112 valence electrons. The lowest BCUT2D eigenvalue weighted by atomic mass is 10.2. The van der Waals surface area contributed by atoms with E-state index in [1.54, 1.807) is 6.92 Å². The van der Waals surface area contributed by atoms with Crippen LogP contribution in [-0.4, -0.2) is 8.42 Å². The number of benzene rings is 2. The number of aryl methyl sites for hydroxylation is 1. The molecule has 2 rings (SSSR count).